The van der Waals surface area contributed by atoms with Gasteiger partial charge in [-0.25, -0.2) is 0 Å². The SMILES string of the molecule is CCNC(CC(C)CC)C1CC1c1ccccc1. The highest BCUT2D eigenvalue weighted by molar-refractivity contribution is 5.26. The lowest BCUT2D eigenvalue weighted by atomic mass is 9.94. The Morgan fingerprint density at radius 2 is 1.94 bits per heavy atom. The molecule has 1 N–H and O–H groups in total. The molecule has 4 atom stereocenters. The molecule has 0 aromatic heterocycles. The second-order valence-electron chi connectivity index (χ2n) is 5.83. The first-order valence-corrected chi connectivity index (χ1v) is 7.54. The standard InChI is InChI=1S/C17H27N/c1-4-13(3)11-17(18-5-2)16-12-15(16)14-9-7-6-8-10-14/h6-10,13,15-18H,4-5,11-12H2,1-3H3. The smallest absolute Gasteiger partial charge is 0.0104 e. The Morgan fingerprint density at radius 1 is 1.22 bits per heavy atom. The van der Waals surface area contributed by atoms with Crippen molar-refractivity contribution in [3.05, 3.63) is 35.9 Å². The summed E-state index contributed by atoms with van der Waals surface area (Å²) in [6.45, 7) is 8.00. The Hall–Kier alpha value is -0.820. The molecule has 1 nitrogen and oxygen atoms in total. The van der Waals surface area contributed by atoms with E-state index in [4.69, 9.17) is 0 Å². The number of nitrogens with one attached hydrogen (secondary N) is 1. The molecule has 0 spiro atoms. The van der Waals surface area contributed by atoms with Gasteiger partial charge in [0.1, 0.15) is 0 Å². The molecular formula is C17H27N. The van der Waals surface area contributed by atoms with Crippen molar-refractivity contribution < 1.29 is 0 Å². The summed E-state index contributed by atoms with van der Waals surface area (Å²) in [5.41, 5.74) is 1.54. The van der Waals surface area contributed by atoms with Crippen LogP contribution in [0.5, 0.6) is 0 Å². The highest BCUT2D eigenvalue weighted by Gasteiger charge is 2.43. The lowest BCUT2D eigenvalue weighted by Gasteiger charge is -2.21. The van der Waals surface area contributed by atoms with Gasteiger partial charge in [-0.3, -0.25) is 0 Å². The predicted octanol–water partition coefficient (Wildman–Crippen LogP) is 4.20. The van der Waals surface area contributed by atoms with Crippen LogP contribution in [-0.4, -0.2) is 12.6 Å². The van der Waals surface area contributed by atoms with E-state index in [0.717, 1.165) is 30.3 Å². The van der Waals surface area contributed by atoms with Crippen molar-refractivity contribution in [2.24, 2.45) is 11.8 Å². The summed E-state index contributed by atoms with van der Waals surface area (Å²) in [6.07, 6.45) is 4.00. The normalized spacial score (nSPS) is 25.7. The molecule has 1 saturated carbocycles. The monoisotopic (exact) mass is 245 g/mol. The average molecular weight is 245 g/mol. The van der Waals surface area contributed by atoms with Crippen molar-refractivity contribution >= 4 is 0 Å². The molecule has 0 saturated heterocycles. The van der Waals surface area contributed by atoms with Crippen LogP contribution in [0.15, 0.2) is 30.3 Å². The first kappa shape index (κ1) is 13.6. The summed E-state index contributed by atoms with van der Waals surface area (Å²) in [7, 11) is 0. The van der Waals surface area contributed by atoms with Crippen LogP contribution in [0.1, 0.15) is 51.5 Å². The summed E-state index contributed by atoms with van der Waals surface area (Å²) in [5.74, 6) is 2.51. The Balaban J connectivity index is 1.94. The average Bonchev–Trinajstić information content (AvgIpc) is 3.19. The van der Waals surface area contributed by atoms with Crippen molar-refractivity contribution in [1.29, 1.82) is 0 Å². The van der Waals surface area contributed by atoms with Crippen LogP contribution in [0, 0.1) is 11.8 Å². The largest absolute Gasteiger partial charge is 0.314 e. The molecule has 1 fully saturated rings. The molecule has 0 amide bonds. The molecule has 1 aliphatic carbocycles. The Labute approximate surface area is 112 Å². The van der Waals surface area contributed by atoms with E-state index in [1.54, 1.807) is 0 Å². The number of hydrogen-bond acceptors (Lipinski definition) is 1. The molecular weight excluding hydrogens is 218 g/mol. The summed E-state index contributed by atoms with van der Waals surface area (Å²) in [4.78, 5) is 0. The second-order valence-corrected chi connectivity index (χ2v) is 5.83. The van der Waals surface area contributed by atoms with Gasteiger partial charge in [-0.15, -0.1) is 0 Å². The van der Waals surface area contributed by atoms with E-state index < -0.39 is 0 Å². The highest BCUT2D eigenvalue weighted by Crippen LogP contribution is 2.50. The van der Waals surface area contributed by atoms with Crippen LogP contribution in [0.3, 0.4) is 0 Å². The fourth-order valence-corrected chi connectivity index (χ4v) is 3.01. The zero-order chi connectivity index (χ0) is 13.0. The van der Waals surface area contributed by atoms with E-state index in [9.17, 15) is 0 Å². The Kier molecular flexibility index (Phi) is 4.82. The molecule has 100 valence electrons. The van der Waals surface area contributed by atoms with Gasteiger partial charge in [0.15, 0.2) is 0 Å². The summed E-state index contributed by atoms with van der Waals surface area (Å²) < 4.78 is 0. The van der Waals surface area contributed by atoms with Gasteiger partial charge < -0.3 is 5.32 Å². The van der Waals surface area contributed by atoms with Crippen molar-refractivity contribution in [1.82, 2.24) is 5.32 Å². The fourth-order valence-electron chi connectivity index (χ4n) is 3.01. The van der Waals surface area contributed by atoms with Crippen molar-refractivity contribution in [3.8, 4) is 0 Å². The van der Waals surface area contributed by atoms with Crippen molar-refractivity contribution in [2.75, 3.05) is 6.54 Å². The van der Waals surface area contributed by atoms with E-state index in [1.165, 1.54) is 24.8 Å². The van der Waals surface area contributed by atoms with E-state index in [-0.39, 0.29) is 0 Å². The number of hydrogen-bond donors (Lipinski definition) is 1. The van der Waals surface area contributed by atoms with Gasteiger partial charge in [-0.2, -0.15) is 0 Å². The lowest BCUT2D eigenvalue weighted by molar-refractivity contribution is 0.365. The molecule has 0 radical (unpaired) electrons. The van der Waals surface area contributed by atoms with Gasteiger partial charge in [-0.1, -0.05) is 57.5 Å². The quantitative estimate of drug-likeness (QED) is 0.759. The second kappa shape index (κ2) is 6.38. The molecule has 1 aromatic carbocycles. The minimum Gasteiger partial charge on any atom is -0.314 e. The Morgan fingerprint density at radius 3 is 2.56 bits per heavy atom. The molecule has 4 unspecified atom stereocenters. The van der Waals surface area contributed by atoms with E-state index >= 15 is 0 Å². The fraction of sp³-hybridized carbons (Fsp3) is 0.647. The van der Waals surface area contributed by atoms with E-state index in [1.807, 2.05) is 0 Å². The minimum atomic E-state index is 0.718. The zero-order valence-corrected chi connectivity index (χ0v) is 12.0. The Bertz CT molecular complexity index is 346. The van der Waals surface area contributed by atoms with Gasteiger partial charge in [0.05, 0.1) is 0 Å². The van der Waals surface area contributed by atoms with Crippen LogP contribution >= 0.6 is 0 Å². The van der Waals surface area contributed by atoms with Crippen molar-refractivity contribution in [3.63, 3.8) is 0 Å². The maximum Gasteiger partial charge on any atom is 0.0104 e. The maximum absolute atomic E-state index is 3.71. The van der Waals surface area contributed by atoms with Gasteiger partial charge in [0.2, 0.25) is 0 Å². The van der Waals surface area contributed by atoms with Crippen LogP contribution in [0.2, 0.25) is 0 Å². The third-order valence-corrected chi connectivity index (χ3v) is 4.40. The van der Waals surface area contributed by atoms with E-state index in [0.29, 0.717) is 0 Å². The van der Waals surface area contributed by atoms with Crippen LogP contribution in [0.4, 0.5) is 0 Å². The molecule has 0 aliphatic heterocycles. The first-order valence-electron chi connectivity index (χ1n) is 7.54. The number of rotatable bonds is 7. The van der Waals surface area contributed by atoms with Gasteiger partial charge in [0, 0.05) is 6.04 Å². The molecule has 1 heteroatoms. The predicted molar refractivity (Wildman–Crippen MR) is 78.8 cm³/mol. The molecule has 1 aromatic rings. The summed E-state index contributed by atoms with van der Waals surface area (Å²) in [5, 5.41) is 3.71. The minimum absolute atomic E-state index is 0.718. The number of benzene rings is 1. The molecule has 18 heavy (non-hydrogen) atoms. The van der Waals surface area contributed by atoms with Gasteiger partial charge in [-0.05, 0) is 42.7 Å². The molecule has 0 bridgehead atoms. The van der Waals surface area contributed by atoms with Crippen LogP contribution < -0.4 is 5.32 Å². The van der Waals surface area contributed by atoms with Crippen molar-refractivity contribution in [2.45, 2.75) is 52.0 Å². The third kappa shape index (κ3) is 3.35. The van der Waals surface area contributed by atoms with Crippen LogP contribution in [0.25, 0.3) is 0 Å². The maximum atomic E-state index is 3.71. The molecule has 1 aliphatic rings. The summed E-state index contributed by atoms with van der Waals surface area (Å²) >= 11 is 0. The first-order chi connectivity index (χ1) is 8.76. The lowest BCUT2D eigenvalue weighted by Crippen LogP contribution is -2.33. The zero-order valence-electron chi connectivity index (χ0n) is 12.0. The molecule has 0 heterocycles. The van der Waals surface area contributed by atoms with Crippen LogP contribution in [-0.2, 0) is 0 Å². The highest BCUT2D eigenvalue weighted by atomic mass is 14.9. The molecule has 2 rings (SSSR count). The summed E-state index contributed by atoms with van der Waals surface area (Å²) in [6, 6.07) is 11.7. The van der Waals surface area contributed by atoms with Gasteiger partial charge in [0.25, 0.3) is 0 Å². The third-order valence-electron chi connectivity index (χ3n) is 4.40. The van der Waals surface area contributed by atoms with E-state index in [2.05, 4.69) is 56.4 Å². The van der Waals surface area contributed by atoms with Gasteiger partial charge >= 0.3 is 0 Å². The topological polar surface area (TPSA) is 12.0 Å².